The van der Waals surface area contributed by atoms with Gasteiger partial charge in [-0.2, -0.15) is 0 Å². The van der Waals surface area contributed by atoms with Crippen LogP contribution < -0.4 is 5.73 Å². The number of carbonyl (C=O) groups excluding carboxylic acids is 5. The number of ether oxygens (including phenoxy) is 5. The number of primary amides is 1. The van der Waals surface area contributed by atoms with E-state index in [1.54, 1.807) is 0 Å². The van der Waals surface area contributed by atoms with Gasteiger partial charge in [-0.1, -0.05) is 0 Å². The minimum atomic E-state index is -1.26. The Labute approximate surface area is 165 Å². The highest BCUT2D eigenvalue weighted by Gasteiger charge is 2.52. The molecule has 1 saturated heterocycles. The fourth-order valence-corrected chi connectivity index (χ4v) is 3.44. The number of nitrogens with two attached hydrogens (primary N) is 1. The van der Waals surface area contributed by atoms with Gasteiger partial charge in [0.15, 0.2) is 18.3 Å². The molecular formula is C16H23NO10S. The standard InChI is InChI=1S/C16H23NO10S/c1-7(18)23-5-11-13(24-8(2)19)14(25-9(3)20)15(26-10(4)21)16(27-11)28-6-12(17)22/h11,13-16H,5-6H2,1-4H3,(H2,17,22)/t11-,13+,14+,15-,16+/m1/s1. The van der Waals surface area contributed by atoms with Crippen LogP contribution in [-0.2, 0) is 47.7 Å². The molecule has 0 aromatic rings. The Bertz CT molecular complexity index is 581. The second-order valence-electron chi connectivity index (χ2n) is 5.84. The van der Waals surface area contributed by atoms with Crippen LogP contribution in [0.3, 0.4) is 0 Å². The van der Waals surface area contributed by atoms with Crippen LogP contribution in [0.1, 0.15) is 27.7 Å². The van der Waals surface area contributed by atoms with E-state index in [9.17, 15) is 24.0 Å². The van der Waals surface area contributed by atoms with Crippen molar-refractivity contribution in [3.05, 3.63) is 0 Å². The van der Waals surface area contributed by atoms with Crippen LogP contribution in [0.25, 0.3) is 0 Å². The molecule has 2 N–H and O–H groups in total. The van der Waals surface area contributed by atoms with Gasteiger partial charge in [-0.15, -0.1) is 11.8 Å². The Kier molecular flexibility index (Phi) is 9.19. The zero-order chi connectivity index (χ0) is 21.4. The Balaban J connectivity index is 3.26. The maximum Gasteiger partial charge on any atom is 0.303 e. The van der Waals surface area contributed by atoms with E-state index in [1.807, 2.05) is 0 Å². The summed E-state index contributed by atoms with van der Waals surface area (Å²) >= 11 is 0.899. The smallest absolute Gasteiger partial charge is 0.303 e. The summed E-state index contributed by atoms with van der Waals surface area (Å²) in [6.07, 6.45) is -4.74. The van der Waals surface area contributed by atoms with Gasteiger partial charge in [0.25, 0.3) is 0 Å². The highest BCUT2D eigenvalue weighted by Crippen LogP contribution is 2.34. The molecule has 1 aliphatic heterocycles. The van der Waals surface area contributed by atoms with Gasteiger partial charge in [0.2, 0.25) is 5.91 Å². The predicted octanol–water partition coefficient (Wildman–Crippen LogP) is -0.712. The minimum absolute atomic E-state index is 0.187. The van der Waals surface area contributed by atoms with E-state index >= 15 is 0 Å². The Morgan fingerprint density at radius 3 is 1.79 bits per heavy atom. The lowest BCUT2D eigenvalue weighted by molar-refractivity contribution is -0.237. The Morgan fingerprint density at radius 2 is 1.32 bits per heavy atom. The number of esters is 4. The van der Waals surface area contributed by atoms with Crippen molar-refractivity contribution in [2.75, 3.05) is 12.4 Å². The fourth-order valence-electron chi connectivity index (χ4n) is 2.49. The van der Waals surface area contributed by atoms with Crippen LogP contribution in [-0.4, -0.2) is 72.0 Å². The molecule has 0 bridgehead atoms. The average Bonchev–Trinajstić information content (AvgIpc) is 2.54. The molecule has 1 fully saturated rings. The van der Waals surface area contributed by atoms with E-state index in [-0.39, 0.29) is 12.4 Å². The predicted molar refractivity (Wildman–Crippen MR) is 93.6 cm³/mol. The largest absolute Gasteiger partial charge is 0.463 e. The number of amides is 1. The average molecular weight is 421 g/mol. The van der Waals surface area contributed by atoms with E-state index in [2.05, 4.69) is 0 Å². The van der Waals surface area contributed by atoms with Crippen molar-refractivity contribution in [1.29, 1.82) is 0 Å². The summed E-state index contributed by atoms with van der Waals surface area (Å²) in [5, 5.41) is 0. The van der Waals surface area contributed by atoms with Crippen LogP contribution in [0.5, 0.6) is 0 Å². The number of carbonyl (C=O) groups is 5. The molecule has 158 valence electrons. The van der Waals surface area contributed by atoms with Crippen molar-refractivity contribution in [1.82, 2.24) is 0 Å². The van der Waals surface area contributed by atoms with Crippen LogP contribution in [0.15, 0.2) is 0 Å². The lowest BCUT2D eigenvalue weighted by Gasteiger charge is -2.44. The fraction of sp³-hybridized carbons (Fsp3) is 0.688. The number of hydrogen-bond donors (Lipinski definition) is 1. The summed E-state index contributed by atoms with van der Waals surface area (Å²) in [7, 11) is 0. The van der Waals surface area contributed by atoms with Crippen molar-refractivity contribution in [2.24, 2.45) is 5.73 Å². The summed E-state index contributed by atoms with van der Waals surface area (Å²) < 4.78 is 26.4. The molecular weight excluding hydrogens is 398 g/mol. The molecule has 1 rings (SSSR count). The second kappa shape index (κ2) is 10.9. The molecule has 0 aliphatic carbocycles. The van der Waals surface area contributed by atoms with Gasteiger partial charge < -0.3 is 29.4 Å². The quantitative estimate of drug-likeness (QED) is 0.390. The minimum Gasteiger partial charge on any atom is -0.463 e. The molecule has 1 heterocycles. The van der Waals surface area contributed by atoms with Gasteiger partial charge in [-0.05, 0) is 0 Å². The van der Waals surface area contributed by atoms with Crippen LogP contribution in [0.4, 0.5) is 0 Å². The van der Waals surface area contributed by atoms with E-state index in [0.717, 1.165) is 32.5 Å². The first-order valence-corrected chi connectivity index (χ1v) is 9.26. The van der Waals surface area contributed by atoms with Gasteiger partial charge in [0.05, 0.1) is 5.75 Å². The molecule has 0 radical (unpaired) electrons. The van der Waals surface area contributed by atoms with Crippen LogP contribution >= 0.6 is 11.8 Å². The van der Waals surface area contributed by atoms with E-state index in [1.165, 1.54) is 6.92 Å². The first-order chi connectivity index (χ1) is 13.0. The van der Waals surface area contributed by atoms with Gasteiger partial charge >= 0.3 is 23.9 Å². The van der Waals surface area contributed by atoms with Crippen LogP contribution in [0.2, 0.25) is 0 Å². The third-order valence-corrected chi connectivity index (χ3v) is 4.50. The molecule has 0 aromatic heterocycles. The van der Waals surface area contributed by atoms with Crippen molar-refractivity contribution < 1.29 is 47.7 Å². The molecule has 12 heteroatoms. The van der Waals surface area contributed by atoms with E-state index < -0.39 is 59.6 Å². The van der Waals surface area contributed by atoms with Crippen LogP contribution in [0, 0.1) is 0 Å². The monoisotopic (exact) mass is 421 g/mol. The highest BCUT2D eigenvalue weighted by atomic mass is 32.2. The van der Waals surface area contributed by atoms with Crippen molar-refractivity contribution >= 4 is 41.5 Å². The molecule has 0 unspecified atom stereocenters. The summed E-state index contributed by atoms with van der Waals surface area (Å²) in [6, 6.07) is 0. The maximum absolute atomic E-state index is 11.6. The van der Waals surface area contributed by atoms with Crippen molar-refractivity contribution in [3.8, 4) is 0 Å². The lowest BCUT2D eigenvalue weighted by atomic mass is 9.99. The first kappa shape index (κ1) is 23.7. The zero-order valence-electron chi connectivity index (χ0n) is 15.9. The molecule has 11 nitrogen and oxygen atoms in total. The van der Waals surface area contributed by atoms with E-state index in [0.29, 0.717) is 0 Å². The first-order valence-electron chi connectivity index (χ1n) is 8.21. The third kappa shape index (κ3) is 7.72. The van der Waals surface area contributed by atoms with Crippen molar-refractivity contribution in [2.45, 2.75) is 57.5 Å². The Hall–Kier alpha value is -2.34. The normalized spacial score (nSPS) is 26.6. The number of hydrogen-bond acceptors (Lipinski definition) is 11. The molecule has 0 aromatic carbocycles. The highest BCUT2D eigenvalue weighted by molar-refractivity contribution is 8.00. The van der Waals surface area contributed by atoms with Gasteiger partial charge in [-0.3, -0.25) is 24.0 Å². The lowest BCUT2D eigenvalue weighted by Crippen LogP contribution is -2.61. The van der Waals surface area contributed by atoms with Gasteiger partial charge in [-0.25, -0.2) is 0 Å². The molecule has 1 aliphatic rings. The van der Waals surface area contributed by atoms with Crippen molar-refractivity contribution in [3.63, 3.8) is 0 Å². The maximum atomic E-state index is 11.6. The summed E-state index contributed by atoms with van der Waals surface area (Å²) in [5.41, 5.74) is 4.14. The summed E-state index contributed by atoms with van der Waals surface area (Å²) in [6.45, 7) is 4.23. The third-order valence-electron chi connectivity index (χ3n) is 3.34. The number of thioether (sulfide) groups is 1. The number of rotatable bonds is 8. The van der Waals surface area contributed by atoms with E-state index in [4.69, 9.17) is 29.4 Å². The summed E-state index contributed by atoms with van der Waals surface area (Å²) in [5.74, 6) is -3.62. The van der Waals surface area contributed by atoms with Gasteiger partial charge in [0.1, 0.15) is 18.1 Å². The second-order valence-corrected chi connectivity index (χ2v) is 6.93. The molecule has 0 saturated carbocycles. The molecule has 0 spiro atoms. The van der Waals surface area contributed by atoms with Gasteiger partial charge in [0, 0.05) is 27.7 Å². The SMILES string of the molecule is CC(=O)OC[C@H]1O[C@@H](SCC(N)=O)[C@H](OC(C)=O)[C@@H](OC(C)=O)[C@H]1OC(C)=O. The Morgan fingerprint density at radius 1 is 0.821 bits per heavy atom. The molecule has 5 atom stereocenters. The summed E-state index contributed by atoms with van der Waals surface area (Å²) in [4.78, 5) is 57.0. The molecule has 1 amide bonds. The zero-order valence-corrected chi connectivity index (χ0v) is 16.7. The molecule has 28 heavy (non-hydrogen) atoms. The topological polar surface area (TPSA) is 158 Å².